The average molecular weight is 371 g/mol. The maximum absolute atomic E-state index is 14.1. The first-order valence-electron chi connectivity index (χ1n) is 6.92. The quantitative estimate of drug-likeness (QED) is 0.646. The molecule has 24 heavy (non-hydrogen) atoms. The van der Waals surface area contributed by atoms with Gasteiger partial charge in [0, 0.05) is 0 Å². The zero-order valence-electron chi connectivity index (χ0n) is 12.8. The minimum absolute atomic E-state index is 0.0335. The van der Waals surface area contributed by atoms with E-state index in [1.54, 1.807) is 6.92 Å². The van der Waals surface area contributed by atoms with Crippen LogP contribution in [0.3, 0.4) is 0 Å². The highest BCUT2D eigenvalue weighted by molar-refractivity contribution is 6.35. The van der Waals surface area contributed by atoms with Crippen LogP contribution in [-0.2, 0) is 14.3 Å². The standard InChI is InChI=1S/C16H13Cl2FN2O3/c1-3-23-16(22)11-7(2)24-15(21)9(6-20)12(11)8-4-5-10(17)14(19)13(8)18/h4-5,12H,3,21H2,1-2H3. The Morgan fingerprint density at radius 1 is 1.50 bits per heavy atom. The Balaban J connectivity index is 2.72. The number of esters is 1. The molecule has 0 bridgehead atoms. The van der Waals surface area contributed by atoms with Crippen LogP contribution in [0.4, 0.5) is 4.39 Å². The first kappa shape index (κ1) is 18.1. The maximum Gasteiger partial charge on any atom is 0.338 e. The summed E-state index contributed by atoms with van der Waals surface area (Å²) < 4.78 is 24.4. The van der Waals surface area contributed by atoms with E-state index in [4.69, 9.17) is 38.4 Å². The van der Waals surface area contributed by atoms with Crippen LogP contribution in [0, 0.1) is 17.1 Å². The van der Waals surface area contributed by atoms with Crippen LogP contribution in [0.25, 0.3) is 0 Å². The minimum Gasteiger partial charge on any atom is -0.463 e. The van der Waals surface area contributed by atoms with E-state index in [0.29, 0.717) is 0 Å². The summed E-state index contributed by atoms with van der Waals surface area (Å²) in [5.41, 5.74) is 5.89. The number of hydrogen-bond donors (Lipinski definition) is 1. The van der Waals surface area contributed by atoms with E-state index in [9.17, 15) is 14.4 Å². The van der Waals surface area contributed by atoms with E-state index >= 15 is 0 Å². The van der Waals surface area contributed by atoms with Crippen molar-refractivity contribution in [1.82, 2.24) is 0 Å². The van der Waals surface area contributed by atoms with Gasteiger partial charge >= 0.3 is 5.97 Å². The molecule has 1 heterocycles. The predicted octanol–water partition coefficient (Wildman–Crippen LogP) is 3.78. The maximum atomic E-state index is 14.1. The lowest BCUT2D eigenvalue weighted by Crippen LogP contribution is -2.25. The van der Waals surface area contributed by atoms with Crippen molar-refractivity contribution < 1.29 is 18.7 Å². The number of allylic oxidation sites excluding steroid dienone is 2. The molecule has 0 saturated carbocycles. The molecular formula is C16H13Cl2FN2O3. The molecular weight excluding hydrogens is 358 g/mol. The molecule has 1 atom stereocenters. The topological polar surface area (TPSA) is 85.3 Å². The van der Waals surface area contributed by atoms with Crippen molar-refractivity contribution in [3.05, 3.63) is 56.3 Å². The van der Waals surface area contributed by atoms with Crippen molar-refractivity contribution >= 4 is 29.2 Å². The van der Waals surface area contributed by atoms with Gasteiger partial charge in [0.25, 0.3) is 0 Å². The van der Waals surface area contributed by atoms with Crippen molar-refractivity contribution in [1.29, 1.82) is 5.26 Å². The van der Waals surface area contributed by atoms with Gasteiger partial charge in [-0.25, -0.2) is 9.18 Å². The molecule has 1 aliphatic rings. The van der Waals surface area contributed by atoms with Gasteiger partial charge in [0.05, 0.1) is 28.1 Å². The van der Waals surface area contributed by atoms with Crippen molar-refractivity contribution in [3.8, 4) is 6.07 Å². The van der Waals surface area contributed by atoms with Gasteiger partial charge in [0.2, 0.25) is 5.88 Å². The predicted molar refractivity (Wildman–Crippen MR) is 86.4 cm³/mol. The van der Waals surface area contributed by atoms with E-state index in [1.807, 2.05) is 6.07 Å². The molecule has 1 aromatic rings. The van der Waals surface area contributed by atoms with Crippen molar-refractivity contribution in [2.45, 2.75) is 19.8 Å². The van der Waals surface area contributed by atoms with Crippen LogP contribution in [0.5, 0.6) is 0 Å². The third-order valence-corrected chi connectivity index (χ3v) is 4.15. The van der Waals surface area contributed by atoms with Gasteiger partial charge in [-0.05, 0) is 25.5 Å². The summed E-state index contributed by atoms with van der Waals surface area (Å²) in [7, 11) is 0. The SMILES string of the molecule is CCOC(=O)C1=C(C)OC(N)=C(C#N)C1c1ccc(Cl)c(F)c1Cl. The van der Waals surface area contributed by atoms with Crippen LogP contribution >= 0.6 is 23.2 Å². The Bertz CT molecular complexity index is 812. The van der Waals surface area contributed by atoms with Gasteiger partial charge in [0.1, 0.15) is 17.4 Å². The number of nitrogens with zero attached hydrogens (tertiary/aromatic N) is 1. The molecule has 0 amide bonds. The Morgan fingerprint density at radius 3 is 2.75 bits per heavy atom. The zero-order chi connectivity index (χ0) is 18.0. The van der Waals surface area contributed by atoms with Gasteiger partial charge in [-0.15, -0.1) is 0 Å². The van der Waals surface area contributed by atoms with E-state index in [1.165, 1.54) is 19.1 Å². The molecule has 0 aliphatic carbocycles. The fourth-order valence-corrected chi connectivity index (χ4v) is 2.91. The molecule has 2 N–H and O–H groups in total. The summed E-state index contributed by atoms with van der Waals surface area (Å²) >= 11 is 11.8. The molecule has 0 radical (unpaired) electrons. The fourth-order valence-electron chi connectivity index (χ4n) is 2.43. The highest BCUT2D eigenvalue weighted by Crippen LogP contribution is 2.43. The molecule has 1 unspecified atom stereocenters. The summed E-state index contributed by atoms with van der Waals surface area (Å²) in [4.78, 5) is 12.3. The Morgan fingerprint density at radius 2 is 2.17 bits per heavy atom. The highest BCUT2D eigenvalue weighted by Gasteiger charge is 2.38. The summed E-state index contributed by atoms with van der Waals surface area (Å²) in [5, 5.41) is 8.94. The molecule has 0 fully saturated rings. The van der Waals surface area contributed by atoms with Crippen LogP contribution in [0.1, 0.15) is 25.3 Å². The summed E-state index contributed by atoms with van der Waals surface area (Å²) in [5.74, 6) is -2.59. The third kappa shape index (κ3) is 3.05. The van der Waals surface area contributed by atoms with Crippen molar-refractivity contribution in [3.63, 3.8) is 0 Å². The number of carbonyl (C=O) groups is 1. The van der Waals surface area contributed by atoms with Gasteiger partial charge in [0.15, 0.2) is 5.82 Å². The van der Waals surface area contributed by atoms with E-state index in [-0.39, 0.29) is 45.0 Å². The van der Waals surface area contributed by atoms with Crippen molar-refractivity contribution in [2.75, 3.05) is 6.61 Å². The molecule has 1 aromatic carbocycles. The number of hydrogen-bond acceptors (Lipinski definition) is 5. The van der Waals surface area contributed by atoms with Gasteiger partial charge in [-0.2, -0.15) is 5.26 Å². The van der Waals surface area contributed by atoms with Crippen LogP contribution < -0.4 is 5.73 Å². The Kier molecular flexibility index (Phi) is 5.37. The van der Waals surface area contributed by atoms with Crippen LogP contribution in [0.2, 0.25) is 10.0 Å². The Hall–Kier alpha value is -2.23. The second-order valence-corrected chi connectivity index (χ2v) is 5.66. The third-order valence-electron chi connectivity index (χ3n) is 3.48. The lowest BCUT2D eigenvalue weighted by Gasteiger charge is -2.27. The number of nitriles is 1. The molecule has 8 heteroatoms. The second kappa shape index (κ2) is 7.12. The van der Waals surface area contributed by atoms with Gasteiger partial charge in [-0.3, -0.25) is 0 Å². The number of carbonyl (C=O) groups excluding carboxylic acids is 1. The molecule has 2 rings (SSSR count). The minimum atomic E-state index is -1.01. The monoisotopic (exact) mass is 370 g/mol. The number of halogens is 3. The first-order valence-corrected chi connectivity index (χ1v) is 7.67. The lowest BCUT2D eigenvalue weighted by molar-refractivity contribution is -0.139. The molecule has 0 aromatic heterocycles. The molecule has 5 nitrogen and oxygen atoms in total. The summed E-state index contributed by atoms with van der Waals surface area (Å²) in [6.07, 6.45) is 0. The zero-order valence-corrected chi connectivity index (χ0v) is 14.3. The Labute approximate surface area is 148 Å². The van der Waals surface area contributed by atoms with E-state index in [2.05, 4.69) is 0 Å². The molecule has 0 spiro atoms. The normalized spacial score (nSPS) is 17.4. The average Bonchev–Trinajstić information content (AvgIpc) is 2.52. The number of benzene rings is 1. The summed E-state index contributed by atoms with van der Waals surface area (Å²) in [6, 6.07) is 4.60. The highest BCUT2D eigenvalue weighted by atomic mass is 35.5. The lowest BCUT2D eigenvalue weighted by atomic mass is 9.83. The smallest absolute Gasteiger partial charge is 0.338 e. The van der Waals surface area contributed by atoms with Gasteiger partial charge < -0.3 is 15.2 Å². The number of nitrogens with two attached hydrogens (primary N) is 1. The fraction of sp³-hybridized carbons (Fsp3) is 0.250. The van der Waals surface area contributed by atoms with E-state index < -0.39 is 17.7 Å². The van der Waals surface area contributed by atoms with Crippen LogP contribution in [-0.4, -0.2) is 12.6 Å². The van der Waals surface area contributed by atoms with Gasteiger partial charge in [-0.1, -0.05) is 29.3 Å². The van der Waals surface area contributed by atoms with E-state index in [0.717, 1.165) is 0 Å². The number of rotatable bonds is 3. The second-order valence-electron chi connectivity index (χ2n) is 4.88. The first-order chi connectivity index (χ1) is 11.3. The van der Waals surface area contributed by atoms with Crippen molar-refractivity contribution in [2.24, 2.45) is 5.73 Å². The molecule has 126 valence electrons. The largest absolute Gasteiger partial charge is 0.463 e. The molecule has 1 aliphatic heterocycles. The van der Waals surface area contributed by atoms with Crippen LogP contribution in [0.15, 0.2) is 34.9 Å². The summed E-state index contributed by atoms with van der Waals surface area (Å²) in [6.45, 7) is 3.25. The molecule has 0 saturated heterocycles. The number of ether oxygens (including phenoxy) is 2.